The lowest BCUT2D eigenvalue weighted by Gasteiger charge is -2.17. The summed E-state index contributed by atoms with van der Waals surface area (Å²) in [7, 11) is 0. The number of anilines is 1. The minimum atomic E-state index is -0.498. The summed E-state index contributed by atoms with van der Waals surface area (Å²) in [6.45, 7) is 5.76. The van der Waals surface area contributed by atoms with E-state index in [1.54, 1.807) is 31.3 Å². The molecule has 9 heteroatoms. The number of aromatic nitrogens is 2. The average Bonchev–Trinajstić information content (AvgIpc) is 3.43. The Kier molecular flexibility index (Phi) is 6.77. The molecule has 0 saturated heterocycles. The van der Waals surface area contributed by atoms with E-state index in [0.717, 1.165) is 40.1 Å². The Hall–Kier alpha value is -3.30. The van der Waals surface area contributed by atoms with Gasteiger partial charge in [-0.3, -0.25) is 14.2 Å². The standard InChI is InChI=1S/C27H27N3O4S2/c1-4-34-27(33)19-13-20(17-8-6-5-7-9-17)35-24(19)29-22(31)14-30-16(3)28-25-23(26(30)32)18-11-10-15(2)12-21(18)36-25/h5-9,13,15H,4,10-12,14H2,1-3H3,(H,29,31). The molecule has 1 aromatic carbocycles. The molecule has 1 N–H and O–H groups in total. The smallest absolute Gasteiger partial charge is 0.341 e. The predicted octanol–water partition coefficient (Wildman–Crippen LogP) is 5.44. The number of amides is 1. The molecule has 186 valence electrons. The highest BCUT2D eigenvalue weighted by Crippen LogP contribution is 2.37. The van der Waals surface area contributed by atoms with Gasteiger partial charge >= 0.3 is 5.97 Å². The Labute approximate surface area is 216 Å². The van der Waals surface area contributed by atoms with Crippen LogP contribution in [0.5, 0.6) is 0 Å². The summed E-state index contributed by atoms with van der Waals surface area (Å²) >= 11 is 2.90. The number of fused-ring (bicyclic) bond motifs is 3. The summed E-state index contributed by atoms with van der Waals surface area (Å²) < 4.78 is 6.64. The lowest BCUT2D eigenvalue weighted by molar-refractivity contribution is -0.116. The SMILES string of the molecule is CCOC(=O)c1cc(-c2ccccc2)sc1NC(=O)Cn1c(C)nc2sc3c(c2c1=O)CCC(C)C3. The van der Waals surface area contributed by atoms with Gasteiger partial charge in [0.1, 0.15) is 22.2 Å². The van der Waals surface area contributed by atoms with Crippen molar-refractivity contribution in [3.05, 3.63) is 68.6 Å². The van der Waals surface area contributed by atoms with Gasteiger partial charge in [0.15, 0.2) is 0 Å². The fraction of sp³-hybridized carbons (Fsp3) is 0.333. The highest BCUT2D eigenvalue weighted by molar-refractivity contribution is 7.20. The molecule has 1 aliphatic carbocycles. The molecule has 1 unspecified atom stereocenters. The molecule has 0 fully saturated rings. The van der Waals surface area contributed by atoms with Gasteiger partial charge in [0.25, 0.3) is 5.56 Å². The van der Waals surface area contributed by atoms with Crippen LogP contribution in [0.4, 0.5) is 5.00 Å². The number of carbonyl (C=O) groups excluding carboxylic acids is 2. The number of carbonyl (C=O) groups is 2. The normalized spacial score (nSPS) is 15.0. The maximum absolute atomic E-state index is 13.5. The lowest BCUT2D eigenvalue weighted by atomic mass is 9.89. The van der Waals surface area contributed by atoms with E-state index in [2.05, 4.69) is 17.2 Å². The Morgan fingerprint density at radius 2 is 2.00 bits per heavy atom. The third-order valence-corrected chi connectivity index (χ3v) is 8.69. The van der Waals surface area contributed by atoms with E-state index < -0.39 is 11.9 Å². The first kappa shape index (κ1) is 24.4. The quantitative estimate of drug-likeness (QED) is 0.342. The van der Waals surface area contributed by atoms with Crippen molar-refractivity contribution in [1.29, 1.82) is 0 Å². The van der Waals surface area contributed by atoms with Crippen LogP contribution in [0.1, 0.15) is 46.9 Å². The van der Waals surface area contributed by atoms with Crippen molar-refractivity contribution in [2.45, 2.75) is 46.6 Å². The van der Waals surface area contributed by atoms with Crippen LogP contribution in [0.15, 0.2) is 41.2 Å². The number of hydrogen-bond donors (Lipinski definition) is 1. The van der Waals surface area contributed by atoms with Gasteiger partial charge < -0.3 is 10.1 Å². The van der Waals surface area contributed by atoms with Crippen LogP contribution in [0, 0.1) is 12.8 Å². The van der Waals surface area contributed by atoms with Crippen molar-refractivity contribution in [1.82, 2.24) is 9.55 Å². The number of nitrogens with zero attached hydrogens (tertiary/aromatic N) is 2. The predicted molar refractivity (Wildman–Crippen MR) is 144 cm³/mol. The van der Waals surface area contributed by atoms with Crippen LogP contribution in [-0.4, -0.2) is 28.0 Å². The summed E-state index contributed by atoms with van der Waals surface area (Å²) in [5.74, 6) is 0.198. The molecule has 0 spiro atoms. The first-order valence-electron chi connectivity index (χ1n) is 12.0. The number of ether oxygens (including phenoxy) is 1. The number of aryl methyl sites for hydroxylation is 2. The lowest BCUT2D eigenvalue weighted by Crippen LogP contribution is -2.30. The van der Waals surface area contributed by atoms with Crippen LogP contribution < -0.4 is 10.9 Å². The van der Waals surface area contributed by atoms with Gasteiger partial charge in [-0.25, -0.2) is 9.78 Å². The van der Waals surface area contributed by atoms with Gasteiger partial charge in [0.05, 0.1) is 17.6 Å². The molecule has 0 radical (unpaired) electrons. The molecule has 4 aromatic rings. The summed E-state index contributed by atoms with van der Waals surface area (Å²) in [6, 6.07) is 11.4. The van der Waals surface area contributed by atoms with Crippen LogP contribution in [-0.2, 0) is 28.9 Å². The minimum Gasteiger partial charge on any atom is -0.462 e. The highest BCUT2D eigenvalue weighted by Gasteiger charge is 2.25. The van der Waals surface area contributed by atoms with Crippen LogP contribution >= 0.6 is 22.7 Å². The van der Waals surface area contributed by atoms with E-state index in [1.807, 2.05) is 30.3 Å². The van der Waals surface area contributed by atoms with Crippen molar-refractivity contribution in [2.24, 2.45) is 5.92 Å². The molecular formula is C27H27N3O4S2. The second-order valence-electron chi connectivity index (χ2n) is 9.07. The molecule has 3 aromatic heterocycles. The maximum Gasteiger partial charge on any atom is 0.341 e. The first-order valence-corrected chi connectivity index (χ1v) is 13.7. The zero-order chi connectivity index (χ0) is 25.4. The average molecular weight is 522 g/mol. The molecule has 5 rings (SSSR count). The molecule has 1 atom stereocenters. The molecule has 1 aliphatic rings. The summed E-state index contributed by atoms with van der Waals surface area (Å²) in [5.41, 5.74) is 2.15. The fourth-order valence-corrected chi connectivity index (χ4v) is 7.10. The van der Waals surface area contributed by atoms with E-state index in [1.165, 1.54) is 20.8 Å². The Bertz CT molecular complexity index is 1520. The topological polar surface area (TPSA) is 90.3 Å². The van der Waals surface area contributed by atoms with Crippen molar-refractivity contribution in [2.75, 3.05) is 11.9 Å². The molecule has 0 saturated carbocycles. The summed E-state index contributed by atoms with van der Waals surface area (Å²) in [6.07, 6.45) is 2.88. The highest BCUT2D eigenvalue weighted by atomic mass is 32.1. The molecule has 0 bridgehead atoms. The van der Waals surface area contributed by atoms with E-state index in [4.69, 9.17) is 4.74 Å². The Morgan fingerprint density at radius 3 is 2.75 bits per heavy atom. The number of rotatable bonds is 6. The number of hydrogen-bond acceptors (Lipinski definition) is 7. The first-order chi connectivity index (χ1) is 17.4. The van der Waals surface area contributed by atoms with Crippen molar-refractivity contribution in [3.63, 3.8) is 0 Å². The molecule has 1 amide bonds. The van der Waals surface area contributed by atoms with Crippen LogP contribution in [0.3, 0.4) is 0 Å². The van der Waals surface area contributed by atoms with Gasteiger partial charge in [-0.15, -0.1) is 22.7 Å². The largest absolute Gasteiger partial charge is 0.462 e. The van der Waals surface area contributed by atoms with Crippen LogP contribution in [0.25, 0.3) is 20.7 Å². The fourth-order valence-electron chi connectivity index (χ4n) is 4.61. The number of esters is 1. The molecular weight excluding hydrogens is 494 g/mol. The Balaban J connectivity index is 1.45. The summed E-state index contributed by atoms with van der Waals surface area (Å²) in [4.78, 5) is 46.7. The van der Waals surface area contributed by atoms with Gasteiger partial charge in [0, 0.05) is 9.75 Å². The molecule has 7 nitrogen and oxygen atoms in total. The van der Waals surface area contributed by atoms with E-state index in [-0.39, 0.29) is 18.7 Å². The molecule has 3 heterocycles. The second kappa shape index (κ2) is 9.99. The number of nitrogens with one attached hydrogen (secondary N) is 1. The van der Waals surface area contributed by atoms with E-state index in [9.17, 15) is 14.4 Å². The van der Waals surface area contributed by atoms with Crippen molar-refractivity contribution in [3.8, 4) is 10.4 Å². The van der Waals surface area contributed by atoms with Gasteiger partial charge in [0.2, 0.25) is 5.91 Å². The Morgan fingerprint density at radius 1 is 1.22 bits per heavy atom. The van der Waals surface area contributed by atoms with Crippen LogP contribution in [0.2, 0.25) is 0 Å². The third kappa shape index (κ3) is 4.60. The van der Waals surface area contributed by atoms with Gasteiger partial charge in [-0.05, 0) is 56.2 Å². The maximum atomic E-state index is 13.5. The second-order valence-corrected chi connectivity index (χ2v) is 11.2. The van der Waals surface area contributed by atoms with Gasteiger partial charge in [-0.1, -0.05) is 37.3 Å². The zero-order valence-corrected chi connectivity index (χ0v) is 22.1. The molecule has 0 aliphatic heterocycles. The van der Waals surface area contributed by atoms with E-state index >= 15 is 0 Å². The molecule has 36 heavy (non-hydrogen) atoms. The monoisotopic (exact) mass is 521 g/mol. The zero-order valence-electron chi connectivity index (χ0n) is 20.4. The van der Waals surface area contributed by atoms with Crippen molar-refractivity contribution >= 4 is 49.8 Å². The third-order valence-electron chi connectivity index (χ3n) is 6.45. The summed E-state index contributed by atoms with van der Waals surface area (Å²) in [5, 5.41) is 3.90. The number of thiophene rings is 2. The minimum absolute atomic E-state index is 0.179. The number of benzene rings is 1. The van der Waals surface area contributed by atoms with Gasteiger partial charge in [-0.2, -0.15) is 0 Å². The van der Waals surface area contributed by atoms with Crippen molar-refractivity contribution < 1.29 is 14.3 Å². The van der Waals surface area contributed by atoms with E-state index in [0.29, 0.717) is 27.7 Å².